The van der Waals surface area contributed by atoms with Crippen molar-refractivity contribution in [3.63, 3.8) is 0 Å². The smallest absolute Gasteiger partial charge is 0.373 e. The van der Waals surface area contributed by atoms with Crippen molar-refractivity contribution in [2.75, 3.05) is 5.32 Å². The second-order valence-electron chi connectivity index (χ2n) is 5.13. The number of pyridine rings is 1. The summed E-state index contributed by atoms with van der Waals surface area (Å²) in [5.74, 6) is 0.442. The molecule has 0 aliphatic carbocycles. The van der Waals surface area contributed by atoms with Crippen molar-refractivity contribution in [1.82, 2.24) is 15.0 Å². The van der Waals surface area contributed by atoms with E-state index in [0.717, 1.165) is 11.9 Å². The Labute approximate surface area is 157 Å². The summed E-state index contributed by atoms with van der Waals surface area (Å²) in [6.45, 7) is 1.79. The minimum Gasteiger partial charge on any atom is -0.434 e. The summed E-state index contributed by atoms with van der Waals surface area (Å²) >= 11 is 11.8. The topological polar surface area (TPSA) is 103 Å². The fraction of sp³-hybridized carbons (Fsp3) is 0.0625. The van der Waals surface area contributed by atoms with Crippen molar-refractivity contribution in [1.29, 1.82) is 0 Å². The largest absolute Gasteiger partial charge is 0.434 e. The fourth-order valence-corrected chi connectivity index (χ4v) is 2.29. The number of rotatable bonds is 5. The Morgan fingerprint density at radius 1 is 1.15 bits per heavy atom. The Morgan fingerprint density at radius 3 is 2.62 bits per heavy atom. The van der Waals surface area contributed by atoms with E-state index >= 15 is 0 Å². The molecule has 1 N–H and O–H groups in total. The Balaban J connectivity index is 1.96. The standard InChI is InChI=1S/C16H11Cl2N5O3/c1-9-6-11(3-4-12(9)18)26-16-14(23(24)25)15(20-8-21-16)22-13-5-2-10(17)7-19-13/h2-8H,1H3,(H,19,20,21,22). The molecule has 10 heteroatoms. The molecule has 2 heterocycles. The average molecular weight is 392 g/mol. The van der Waals surface area contributed by atoms with Crippen molar-refractivity contribution >= 4 is 40.5 Å². The molecule has 0 atom stereocenters. The zero-order chi connectivity index (χ0) is 18.7. The summed E-state index contributed by atoms with van der Waals surface area (Å²) in [6.07, 6.45) is 2.56. The molecule has 0 fully saturated rings. The lowest BCUT2D eigenvalue weighted by molar-refractivity contribution is -0.385. The third kappa shape index (κ3) is 3.98. The Hall–Kier alpha value is -2.97. The van der Waals surface area contributed by atoms with Gasteiger partial charge in [0.15, 0.2) is 0 Å². The monoisotopic (exact) mass is 391 g/mol. The molecule has 3 aromatic rings. The van der Waals surface area contributed by atoms with E-state index in [2.05, 4.69) is 20.3 Å². The van der Waals surface area contributed by atoms with Crippen LogP contribution in [0.5, 0.6) is 11.6 Å². The summed E-state index contributed by atoms with van der Waals surface area (Å²) in [4.78, 5) is 22.7. The minimum absolute atomic E-state index is 0.0551. The molecule has 1 aromatic carbocycles. The van der Waals surface area contributed by atoms with E-state index in [1.165, 1.54) is 6.20 Å². The lowest BCUT2D eigenvalue weighted by Crippen LogP contribution is -2.04. The van der Waals surface area contributed by atoms with E-state index in [-0.39, 0.29) is 11.7 Å². The number of anilines is 2. The van der Waals surface area contributed by atoms with E-state index in [1.54, 1.807) is 37.3 Å². The molecular formula is C16H11Cl2N5O3. The summed E-state index contributed by atoms with van der Waals surface area (Å²) in [5, 5.41) is 15.3. The predicted molar refractivity (Wildman–Crippen MR) is 97.5 cm³/mol. The third-order valence-corrected chi connectivity index (χ3v) is 3.94. The van der Waals surface area contributed by atoms with Gasteiger partial charge in [-0.1, -0.05) is 23.2 Å². The highest BCUT2D eigenvalue weighted by Crippen LogP contribution is 2.35. The fourth-order valence-electron chi connectivity index (χ4n) is 2.06. The number of nitrogens with zero attached hydrogens (tertiary/aromatic N) is 4. The van der Waals surface area contributed by atoms with Crippen molar-refractivity contribution in [3.05, 3.63) is 68.6 Å². The molecule has 0 aliphatic heterocycles. The van der Waals surface area contributed by atoms with Crippen LogP contribution < -0.4 is 10.1 Å². The third-order valence-electron chi connectivity index (χ3n) is 3.29. The van der Waals surface area contributed by atoms with Crippen molar-refractivity contribution in [3.8, 4) is 11.6 Å². The first-order valence-electron chi connectivity index (χ1n) is 7.26. The minimum atomic E-state index is -0.629. The Bertz CT molecular complexity index is 967. The maximum Gasteiger partial charge on any atom is 0.373 e. The number of aromatic nitrogens is 3. The van der Waals surface area contributed by atoms with Crippen LogP contribution in [0.2, 0.25) is 10.0 Å². The van der Waals surface area contributed by atoms with Gasteiger partial charge in [0.1, 0.15) is 17.9 Å². The van der Waals surface area contributed by atoms with Crippen molar-refractivity contribution in [2.24, 2.45) is 0 Å². The van der Waals surface area contributed by atoms with Crippen LogP contribution in [0.15, 0.2) is 42.9 Å². The summed E-state index contributed by atoms with van der Waals surface area (Å²) in [7, 11) is 0. The van der Waals surface area contributed by atoms with Crippen molar-refractivity contribution < 1.29 is 9.66 Å². The molecule has 0 saturated carbocycles. The van der Waals surface area contributed by atoms with Crippen LogP contribution in [0.3, 0.4) is 0 Å². The molecular weight excluding hydrogens is 381 g/mol. The molecule has 132 valence electrons. The van der Waals surface area contributed by atoms with Gasteiger partial charge in [0.2, 0.25) is 5.82 Å². The highest BCUT2D eigenvalue weighted by molar-refractivity contribution is 6.31. The number of aryl methyl sites for hydroxylation is 1. The van der Waals surface area contributed by atoms with E-state index in [4.69, 9.17) is 27.9 Å². The molecule has 26 heavy (non-hydrogen) atoms. The van der Waals surface area contributed by atoms with Gasteiger partial charge < -0.3 is 10.1 Å². The van der Waals surface area contributed by atoms with Gasteiger partial charge in [-0.2, -0.15) is 4.98 Å². The normalized spacial score (nSPS) is 10.4. The predicted octanol–water partition coefficient (Wildman–Crippen LogP) is 4.93. The van der Waals surface area contributed by atoms with Crippen LogP contribution in [0.1, 0.15) is 5.56 Å². The first-order chi connectivity index (χ1) is 12.4. The van der Waals surface area contributed by atoms with Gasteiger partial charge in [-0.25, -0.2) is 9.97 Å². The van der Waals surface area contributed by atoms with Gasteiger partial charge in [-0.3, -0.25) is 10.1 Å². The molecule has 0 amide bonds. The van der Waals surface area contributed by atoms with Crippen LogP contribution in [-0.2, 0) is 0 Å². The number of ether oxygens (including phenoxy) is 1. The van der Waals surface area contributed by atoms with E-state index in [0.29, 0.717) is 21.6 Å². The molecule has 0 bridgehead atoms. The zero-order valence-corrected chi connectivity index (χ0v) is 14.8. The van der Waals surface area contributed by atoms with Gasteiger partial charge in [0.05, 0.1) is 9.95 Å². The number of hydrogen-bond acceptors (Lipinski definition) is 7. The molecule has 0 saturated heterocycles. The van der Waals surface area contributed by atoms with Gasteiger partial charge in [0, 0.05) is 11.2 Å². The van der Waals surface area contributed by atoms with Crippen molar-refractivity contribution in [2.45, 2.75) is 6.92 Å². The van der Waals surface area contributed by atoms with Crippen LogP contribution in [0.25, 0.3) is 0 Å². The maximum absolute atomic E-state index is 11.5. The first kappa shape index (κ1) is 17.8. The van der Waals surface area contributed by atoms with Crippen LogP contribution in [-0.4, -0.2) is 19.9 Å². The Morgan fingerprint density at radius 2 is 1.96 bits per heavy atom. The molecule has 0 radical (unpaired) electrons. The van der Waals surface area contributed by atoms with E-state index < -0.39 is 10.6 Å². The van der Waals surface area contributed by atoms with Crippen LogP contribution in [0.4, 0.5) is 17.3 Å². The SMILES string of the molecule is Cc1cc(Oc2ncnc(Nc3ccc(Cl)cn3)c2[N+](=O)[O-])ccc1Cl. The molecule has 3 rings (SSSR count). The number of halogens is 2. The lowest BCUT2D eigenvalue weighted by atomic mass is 10.2. The summed E-state index contributed by atoms with van der Waals surface area (Å²) < 4.78 is 5.57. The second kappa shape index (κ2) is 7.51. The number of nitro groups is 1. The summed E-state index contributed by atoms with van der Waals surface area (Å²) in [6, 6.07) is 8.04. The van der Waals surface area contributed by atoms with Gasteiger partial charge in [-0.05, 0) is 42.8 Å². The van der Waals surface area contributed by atoms with Gasteiger partial charge in [-0.15, -0.1) is 0 Å². The molecule has 0 aliphatic rings. The molecule has 0 unspecified atom stereocenters. The maximum atomic E-state index is 11.5. The average Bonchev–Trinajstić information content (AvgIpc) is 2.60. The quantitative estimate of drug-likeness (QED) is 0.485. The first-order valence-corrected chi connectivity index (χ1v) is 8.01. The highest BCUT2D eigenvalue weighted by atomic mass is 35.5. The second-order valence-corrected chi connectivity index (χ2v) is 5.98. The molecule has 0 spiro atoms. The summed E-state index contributed by atoms with van der Waals surface area (Å²) in [5.41, 5.74) is 0.349. The number of hydrogen-bond donors (Lipinski definition) is 1. The van der Waals surface area contributed by atoms with Crippen LogP contribution >= 0.6 is 23.2 Å². The molecule has 2 aromatic heterocycles. The van der Waals surface area contributed by atoms with Crippen LogP contribution in [0, 0.1) is 17.0 Å². The lowest BCUT2D eigenvalue weighted by Gasteiger charge is -2.09. The van der Waals surface area contributed by atoms with Gasteiger partial charge >= 0.3 is 11.6 Å². The number of nitrogens with one attached hydrogen (secondary N) is 1. The highest BCUT2D eigenvalue weighted by Gasteiger charge is 2.25. The van der Waals surface area contributed by atoms with E-state index in [9.17, 15) is 10.1 Å². The Kier molecular flexibility index (Phi) is 5.15. The molecule has 8 nitrogen and oxygen atoms in total. The zero-order valence-electron chi connectivity index (χ0n) is 13.3. The number of benzene rings is 1. The van der Waals surface area contributed by atoms with E-state index in [1.807, 2.05) is 0 Å². The van der Waals surface area contributed by atoms with Gasteiger partial charge in [0.25, 0.3) is 0 Å².